The van der Waals surface area contributed by atoms with Crippen LogP contribution in [-0.2, 0) is 19.2 Å². The molecule has 0 amide bonds. The Kier molecular flexibility index (Phi) is 11.1. The Bertz CT molecular complexity index is 511. The van der Waals surface area contributed by atoms with E-state index in [1.54, 1.807) is 11.1 Å². The van der Waals surface area contributed by atoms with Gasteiger partial charge in [0.15, 0.2) is 0 Å². The Balaban J connectivity index is 2.01. The van der Waals surface area contributed by atoms with Crippen LogP contribution in [0.25, 0.3) is 0 Å². The summed E-state index contributed by atoms with van der Waals surface area (Å²) in [5, 5.41) is 0. The number of hydrogen-bond acceptors (Lipinski definition) is 0. The minimum absolute atomic E-state index is 0.0889. The topological polar surface area (TPSA) is 0 Å². The molecule has 0 saturated carbocycles. The van der Waals surface area contributed by atoms with Crippen molar-refractivity contribution in [3.05, 3.63) is 43.2 Å². The van der Waals surface area contributed by atoms with Crippen LogP contribution in [0.1, 0.15) is 105 Å². The number of hydrogen-bond donors (Lipinski definition) is 0. The van der Waals surface area contributed by atoms with Gasteiger partial charge in [0.05, 0.1) is 0 Å². The van der Waals surface area contributed by atoms with Crippen molar-refractivity contribution < 1.29 is 19.2 Å². The van der Waals surface area contributed by atoms with Crippen LogP contribution in [0.4, 0.5) is 0 Å². The van der Waals surface area contributed by atoms with Crippen LogP contribution in [-0.4, -0.2) is 0 Å². The third-order valence-corrected chi connectivity index (χ3v) is 9.05. The zero-order valence-corrected chi connectivity index (χ0v) is 20.0. The van der Waals surface area contributed by atoms with Crippen LogP contribution >= 0.6 is 0 Å². The van der Waals surface area contributed by atoms with E-state index in [-0.39, 0.29) is 19.2 Å². The fourth-order valence-electron chi connectivity index (χ4n) is 4.44. The van der Waals surface area contributed by atoms with Crippen molar-refractivity contribution in [3.63, 3.8) is 0 Å². The van der Waals surface area contributed by atoms with E-state index >= 15 is 0 Å². The maximum absolute atomic E-state index is 2.48. The van der Waals surface area contributed by atoms with E-state index < -0.39 is 0 Å². The maximum atomic E-state index is 2.48. The molecule has 0 nitrogen and oxygen atoms in total. The molecule has 0 spiro atoms. The van der Waals surface area contributed by atoms with Crippen molar-refractivity contribution in [2.75, 3.05) is 0 Å². The van der Waals surface area contributed by atoms with Gasteiger partial charge in [0.2, 0.25) is 0 Å². The van der Waals surface area contributed by atoms with Crippen LogP contribution in [0, 0.1) is 11.8 Å². The van der Waals surface area contributed by atoms with Crippen molar-refractivity contribution in [1.82, 2.24) is 0 Å². The summed E-state index contributed by atoms with van der Waals surface area (Å²) in [6, 6.07) is 0. The molecule has 0 heterocycles. The molecular formula is C26H42Ti. The first-order valence-electron chi connectivity index (χ1n) is 11.8. The Morgan fingerprint density at radius 2 is 1.19 bits per heavy atom. The molecule has 0 saturated heterocycles. The molecule has 1 heteroatoms. The van der Waals surface area contributed by atoms with E-state index in [0.717, 1.165) is 11.8 Å². The van der Waals surface area contributed by atoms with Gasteiger partial charge >= 0.3 is 179 Å². The first kappa shape index (κ1) is 23.0. The van der Waals surface area contributed by atoms with Gasteiger partial charge in [-0.05, 0) is 0 Å². The van der Waals surface area contributed by atoms with Gasteiger partial charge in [0.25, 0.3) is 0 Å². The van der Waals surface area contributed by atoms with Crippen LogP contribution in [0.2, 0.25) is 0 Å². The van der Waals surface area contributed by atoms with Gasteiger partial charge in [-0.25, -0.2) is 0 Å². The summed E-state index contributed by atoms with van der Waals surface area (Å²) in [5.74, 6) is 1.80. The molecule has 0 radical (unpaired) electrons. The molecule has 0 N–H and O–H groups in total. The van der Waals surface area contributed by atoms with Gasteiger partial charge in [-0.3, -0.25) is 0 Å². The van der Waals surface area contributed by atoms with Crippen molar-refractivity contribution in [2.45, 2.75) is 105 Å². The Morgan fingerprint density at radius 3 is 1.56 bits per heavy atom. The SMILES string of the molecule is CCCCC(CC)CC1=[C]([Ti][C]2=C(CC(CC)CCCC)C=CC2)CC=C1. The van der Waals surface area contributed by atoms with Crippen molar-refractivity contribution in [2.24, 2.45) is 11.8 Å². The number of unbranched alkanes of at least 4 members (excludes halogenated alkanes) is 2. The third-order valence-electron chi connectivity index (χ3n) is 6.46. The average molecular weight is 402 g/mol. The van der Waals surface area contributed by atoms with Gasteiger partial charge in [-0.15, -0.1) is 0 Å². The monoisotopic (exact) mass is 402 g/mol. The molecule has 0 aromatic carbocycles. The summed E-state index contributed by atoms with van der Waals surface area (Å²) in [6.07, 6.45) is 26.0. The molecule has 0 aromatic heterocycles. The third kappa shape index (κ3) is 7.54. The molecule has 2 rings (SSSR count). The predicted octanol–water partition coefficient (Wildman–Crippen LogP) is 8.71. The van der Waals surface area contributed by atoms with Gasteiger partial charge in [0.1, 0.15) is 0 Å². The zero-order chi connectivity index (χ0) is 19.5. The van der Waals surface area contributed by atoms with E-state index in [4.69, 9.17) is 0 Å². The van der Waals surface area contributed by atoms with Gasteiger partial charge in [-0.1, -0.05) is 0 Å². The molecule has 0 fully saturated rings. The standard InChI is InChI=1S/2C13H21.Ti/c2*1-3-5-8-12(4-2)11-13-9-6-7-10-13;/h2*6,9,12H,3-5,7-8,11H2,1-2H3;. The first-order valence-corrected chi connectivity index (χ1v) is 13.3. The Labute approximate surface area is 178 Å². The zero-order valence-electron chi connectivity index (χ0n) is 18.4. The minimum atomic E-state index is -0.0889. The molecule has 0 bridgehead atoms. The average Bonchev–Trinajstić information content (AvgIpc) is 3.31. The van der Waals surface area contributed by atoms with Gasteiger partial charge in [0, 0.05) is 0 Å². The van der Waals surface area contributed by atoms with Crippen LogP contribution in [0.15, 0.2) is 43.2 Å². The number of allylic oxidation sites excluding steroid dienone is 8. The fraction of sp³-hybridized carbons (Fsp3) is 0.692. The second kappa shape index (κ2) is 13.0. The summed E-state index contributed by atoms with van der Waals surface area (Å²) in [6.45, 7) is 9.42. The van der Waals surface area contributed by atoms with E-state index in [0.29, 0.717) is 0 Å². The normalized spacial score (nSPS) is 18.7. The van der Waals surface area contributed by atoms with Crippen LogP contribution < -0.4 is 0 Å². The molecule has 0 aliphatic heterocycles. The summed E-state index contributed by atoms with van der Waals surface area (Å²) in [7, 11) is 0. The molecule has 2 aliphatic carbocycles. The molecule has 2 unspecified atom stereocenters. The van der Waals surface area contributed by atoms with Crippen LogP contribution in [0.5, 0.6) is 0 Å². The first-order chi connectivity index (χ1) is 13.2. The van der Waals surface area contributed by atoms with Crippen molar-refractivity contribution in [3.8, 4) is 0 Å². The molecule has 27 heavy (non-hydrogen) atoms. The summed E-state index contributed by atoms with van der Waals surface area (Å²) in [4.78, 5) is 0. The molecular weight excluding hydrogens is 360 g/mol. The summed E-state index contributed by atoms with van der Waals surface area (Å²) >= 11 is -0.0889. The number of rotatable bonds is 14. The van der Waals surface area contributed by atoms with E-state index in [1.807, 2.05) is 7.76 Å². The summed E-state index contributed by atoms with van der Waals surface area (Å²) in [5.41, 5.74) is 3.46. The second-order valence-corrected chi connectivity index (χ2v) is 10.9. The van der Waals surface area contributed by atoms with E-state index in [9.17, 15) is 0 Å². The van der Waals surface area contributed by atoms with Gasteiger partial charge < -0.3 is 0 Å². The molecule has 2 atom stereocenters. The quantitative estimate of drug-likeness (QED) is 0.255. The molecule has 0 aromatic rings. The molecule has 2 aliphatic rings. The molecule has 150 valence electrons. The summed E-state index contributed by atoms with van der Waals surface area (Å²) < 4.78 is 3.70. The van der Waals surface area contributed by atoms with Crippen LogP contribution in [0.3, 0.4) is 0 Å². The second-order valence-electron chi connectivity index (χ2n) is 8.59. The van der Waals surface area contributed by atoms with E-state index in [1.165, 1.54) is 77.0 Å². The van der Waals surface area contributed by atoms with Gasteiger partial charge in [-0.2, -0.15) is 0 Å². The fourth-order valence-corrected chi connectivity index (χ4v) is 6.77. The van der Waals surface area contributed by atoms with Crippen molar-refractivity contribution in [1.29, 1.82) is 0 Å². The Hall–Kier alpha value is -0.326. The Morgan fingerprint density at radius 1 is 0.741 bits per heavy atom. The predicted molar refractivity (Wildman–Crippen MR) is 117 cm³/mol. The van der Waals surface area contributed by atoms with Crippen molar-refractivity contribution >= 4 is 0 Å². The van der Waals surface area contributed by atoms with E-state index in [2.05, 4.69) is 52.0 Å².